The van der Waals surface area contributed by atoms with Crippen LogP contribution < -0.4 is 5.32 Å². The first-order chi connectivity index (χ1) is 30.5. The van der Waals surface area contributed by atoms with Gasteiger partial charge in [-0.2, -0.15) is 0 Å². The van der Waals surface area contributed by atoms with Crippen LogP contribution in [0.25, 0.3) is 0 Å². The molecule has 62 heavy (non-hydrogen) atoms. The van der Waals surface area contributed by atoms with Crippen LogP contribution in [0.2, 0.25) is 0 Å². The second-order valence-corrected chi connectivity index (χ2v) is 19.7. The Hall–Kier alpha value is -1.14. The number of amides is 1. The molecule has 0 aliphatic carbocycles. The van der Waals surface area contributed by atoms with Gasteiger partial charge in [-0.25, -0.2) is 0 Å². The van der Waals surface area contributed by atoms with Crippen molar-refractivity contribution in [3.05, 3.63) is 0 Å². The molecule has 0 fully saturated rings. The Kier molecular flexibility index (Phi) is 49.9. The lowest BCUT2D eigenvalue weighted by Crippen LogP contribution is -2.46. The van der Waals surface area contributed by atoms with E-state index in [0.29, 0.717) is 19.3 Å². The van der Waals surface area contributed by atoms with Crippen molar-refractivity contribution < 1.29 is 24.5 Å². The van der Waals surface area contributed by atoms with E-state index in [1.165, 1.54) is 238 Å². The molecule has 6 nitrogen and oxygen atoms in total. The van der Waals surface area contributed by atoms with Crippen molar-refractivity contribution in [3.8, 4) is 0 Å². The van der Waals surface area contributed by atoms with E-state index in [0.717, 1.165) is 38.5 Å². The average molecular weight is 879 g/mol. The van der Waals surface area contributed by atoms with Gasteiger partial charge in [-0.3, -0.25) is 9.59 Å². The quantitative estimate of drug-likeness (QED) is 0.0418. The number of aliphatic hydroxyl groups excluding tert-OH is 2. The molecule has 0 aromatic carbocycles. The molecule has 0 aliphatic rings. The molecule has 0 saturated heterocycles. The highest BCUT2D eigenvalue weighted by Crippen LogP contribution is 2.19. The van der Waals surface area contributed by atoms with Crippen molar-refractivity contribution in [2.75, 3.05) is 6.61 Å². The van der Waals surface area contributed by atoms with Crippen LogP contribution in [0.4, 0.5) is 0 Å². The average Bonchev–Trinajstić information content (AvgIpc) is 3.26. The highest BCUT2D eigenvalue weighted by molar-refractivity contribution is 5.77. The summed E-state index contributed by atoms with van der Waals surface area (Å²) in [6, 6.07) is -0.693. The Bertz CT molecular complexity index is 898. The van der Waals surface area contributed by atoms with Crippen LogP contribution in [0.5, 0.6) is 0 Å². The molecule has 0 radical (unpaired) electrons. The van der Waals surface area contributed by atoms with Gasteiger partial charge in [-0.1, -0.05) is 284 Å². The maximum atomic E-state index is 13.2. The van der Waals surface area contributed by atoms with Gasteiger partial charge in [0.15, 0.2) is 0 Å². The molecule has 0 aromatic heterocycles. The standard InChI is InChI=1S/C56H111NO5/c1-4-7-10-13-16-19-22-25-26-27-28-31-33-36-39-42-45-48-54(59)53(51-58)57-55(60)50-52(47-44-41-38-35-32-29-23-20-17-14-11-8-5-2)62-56(61)49-46-43-40-37-34-30-24-21-18-15-12-9-6-3/h52-54,58-59H,4-51H2,1-3H3,(H,57,60). The summed E-state index contributed by atoms with van der Waals surface area (Å²) in [6.45, 7) is 6.53. The highest BCUT2D eigenvalue weighted by atomic mass is 16.5. The molecule has 0 heterocycles. The van der Waals surface area contributed by atoms with E-state index < -0.39 is 18.2 Å². The van der Waals surface area contributed by atoms with Gasteiger partial charge >= 0.3 is 5.97 Å². The molecule has 370 valence electrons. The van der Waals surface area contributed by atoms with Crippen LogP contribution in [0.1, 0.15) is 323 Å². The third-order valence-electron chi connectivity index (χ3n) is 13.4. The number of carbonyl (C=O) groups excluding carboxylic acids is 2. The predicted molar refractivity (Wildman–Crippen MR) is 269 cm³/mol. The minimum absolute atomic E-state index is 0.0882. The Morgan fingerprint density at radius 3 is 0.984 bits per heavy atom. The lowest BCUT2D eigenvalue weighted by atomic mass is 10.0. The van der Waals surface area contributed by atoms with Crippen molar-refractivity contribution >= 4 is 11.9 Å². The molecule has 0 bridgehead atoms. The molecule has 1 amide bonds. The number of hydrogen-bond donors (Lipinski definition) is 3. The second kappa shape index (κ2) is 50.9. The maximum Gasteiger partial charge on any atom is 0.306 e. The fourth-order valence-electron chi connectivity index (χ4n) is 9.14. The van der Waals surface area contributed by atoms with Gasteiger partial charge in [0.05, 0.1) is 25.2 Å². The molecule has 0 saturated carbocycles. The first kappa shape index (κ1) is 60.9. The van der Waals surface area contributed by atoms with Gasteiger partial charge < -0.3 is 20.3 Å². The number of carbonyl (C=O) groups is 2. The monoisotopic (exact) mass is 878 g/mol. The SMILES string of the molecule is CCCCCCCCCCCCCCCCCCCC(O)C(CO)NC(=O)CC(CCCCCCCCCCCCCCC)OC(=O)CCCCCCCCCCCCCCC. The molecule has 0 aliphatic heterocycles. The van der Waals surface area contributed by atoms with Crippen LogP contribution in [0.3, 0.4) is 0 Å². The van der Waals surface area contributed by atoms with Crippen LogP contribution in [0, 0.1) is 0 Å². The Morgan fingerprint density at radius 1 is 0.403 bits per heavy atom. The molecule has 6 heteroatoms. The van der Waals surface area contributed by atoms with E-state index in [1.54, 1.807) is 0 Å². The van der Waals surface area contributed by atoms with Crippen molar-refractivity contribution in [2.24, 2.45) is 0 Å². The predicted octanol–water partition coefficient (Wildman–Crippen LogP) is 17.1. The first-order valence-electron chi connectivity index (χ1n) is 28.3. The van der Waals surface area contributed by atoms with E-state index >= 15 is 0 Å². The summed E-state index contributed by atoms with van der Waals surface area (Å²) in [6.07, 6.45) is 55.9. The van der Waals surface area contributed by atoms with E-state index in [-0.39, 0.29) is 24.9 Å². The molecular weight excluding hydrogens is 767 g/mol. The van der Waals surface area contributed by atoms with Crippen molar-refractivity contribution in [2.45, 2.75) is 341 Å². The summed E-state index contributed by atoms with van der Waals surface area (Å²) in [5, 5.41) is 23.9. The van der Waals surface area contributed by atoms with Crippen LogP contribution >= 0.6 is 0 Å². The summed E-state index contributed by atoms with van der Waals surface area (Å²) in [5.74, 6) is -0.447. The number of nitrogens with one attached hydrogen (secondary N) is 1. The number of esters is 1. The van der Waals surface area contributed by atoms with Crippen molar-refractivity contribution in [3.63, 3.8) is 0 Å². The summed E-state index contributed by atoms with van der Waals surface area (Å²) in [7, 11) is 0. The topological polar surface area (TPSA) is 95.9 Å². The Balaban J connectivity index is 4.44. The first-order valence-corrected chi connectivity index (χ1v) is 28.3. The molecular formula is C56H111NO5. The van der Waals surface area contributed by atoms with E-state index in [9.17, 15) is 19.8 Å². The van der Waals surface area contributed by atoms with Gasteiger partial charge in [0.1, 0.15) is 6.10 Å². The van der Waals surface area contributed by atoms with Crippen molar-refractivity contribution in [1.29, 1.82) is 0 Å². The van der Waals surface area contributed by atoms with Gasteiger partial charge in [0, 0.05) is 6.42 Å². The third-order valence-corrected chi connectivity index (χ3v) is 13.4. The number of aliphatic hydroxyl groups is 2. The summed E-state index contributed by atoms with van der Waals surface area (Å²) in [5.41, 5.74) is 0. The fraction of sp³-hybridized carbons (Fsp3) is 0.964. The van der Waals surface area contributed by atoms with Crippen LogP contribution in [0.15, 0.2) is 0 Å². The van der Waals surface area contributed by atoms with Gasteiger partial charge in [-0.15, -0.1) is 0 Å². The van der Waals surface area contributed by atoms with Gasteiger partial charge in [0.2, 0.25) is 5.91 Å². The largest absolute Gasteiger partial charge is 0.462 e. The number of ether oxygens (including phenoxy) is 1. The molecule has 3 N–H and O–H groups in total. The molecule has 0 spiro atoms. The molecule has 3 atom stereocenters. The summed E-state index contributed by atoms with van der Waals surface area (Å²) < 4.78 is 5.95. The minimum Gasteiger partial charge on any atom is -0.462 e. The van der Waals surface area contributed by atoms with Crippen molar-refractivity contribution in [1.82, 2.24) is 5.32 Å². The van der Waals surface area contributed by atoms with Crippen LogP contribution in [-0.4, -0.2) is 46.9 Å². The fourth-order valence-corrected chi connectivity index (χ4v) is 9.14. The van der Waals surface area contributed by atoms with E-state index in [2.05, 4.69) is 26.1 Å². The second-order valence-electron chi connectivity index (χ2n) is 19.7. The Morgan fingerprint density at radius 2 is 0.677 bits per heavy atom. The number of rotatable bonds is 52. The summed E-state index contributed by atoms with van der Waals surface area (Å²) in [4.78, 5) is 26.2. The van der Waals surface area contributed by atoms with Gasteiger partial charge in [0.25, 0.3) is 0 Å². The zero-order valence-electron chi connectivity index (χ0n) is 42.3. The smallest absolute Gasteiger partial charge is 0.306 e. The normalized spacial score (nSPS) is 13.0. The lowest BCUT2D eigenvalue weighted by molar-refractivity contribution is -0.151. The molecule has 0 rings (SSSR count). The zero-order chi connectivity index (χ0) is 45.2. The third kappa shape index (κ3) is 45.4. The van der Waals surface area contributed by atoms with E-state index in [4.69, 9.17) is 4.74 Å². The molecule has 3 unspecified atom stereocenters. The highest BCUT2D eigenvalue weighted by Gasteiger charge is 2.24. The lowest BCUT2D eigenvalue weighted by Gasteiger charge is -2.24. The maximum absolute atomic E-state index is 13.2. The zero-order valence-corrected chi connectivity index (χ0v) is 42.3. The Labute approximate surface area is 387 Å². The number of unbranched alkanes of at least 4 members (excludes halogenated alkanes) is 40. The summed E-state index contributed by atoms with van der Waals surface area (Å²) >= 11 is 0. The number of hydrogen-bond acceptors (Lipinski definition) is 5. The minimum atomic E-state index is -0.780. The molecule has 0 aromatic rings. The van der Waals surface area contributed by atoms with Gasteiger partial charge in [-0.05, 0) is 25.7 Å². The van der Waals surface area contributed by atoms with E-state index in [1.807, 2.05) is 0 Å². The van der Waals surface area contributed by atoms with Crippen LogP contribution in [-0.2, 0) is 14.3 Å².